The molecule has 504 valence electrons. The summed E-state index contributed by atoms with van der Waals surface area (Å²) in [7, 11) is 2.89. The van der Waals surface area contributed by atoms with E-state index in [0.29, 0.717) is 35.5 Å². The fraction of sp³-hybridized carbons (Fsp3) is 0.708. The zero-order chi connectivity index (χ0) is 121. The molecule has 0 amide bonds. The summed E-state index contributed by atoms with van der Waals surface area (Å²) in [5, 5.41) is 0. The van der Waals surface area contributed by atoms with Gasteiger partial charge in [0, 0.05) is 168 Å². The van der Waals surface area contributed by atoms with Gasteiger partial charge in [-0.2, -0.15) is 0 Å². The Morgan fingerprint density at radius 3 is 0.989 bits per heavy atom. The van der Waals surface area contributed by atoms with Gasteiger partial charge in [0.15, 0.2) is 34.5 Å². The molecule has 18 heteroatoms. The molecule has 3 aromatic carbocycles. The highest BCUT2D eigenvalue weighted by Crippen LogP contribution is 2.48. The Morgan fingerprint density at radius 1 is 0.478 bits per heavy atom. The summed E-state index contributed by atoms with van der Waals surface area (Å²) in [5.74, 6) is -44.5. The van der Waals surface area contributed by atoms with Gasteiger partial charge in [0.2, 0.25) is 0 Å². The molecule has 0 aliphatic carbocycles. The lowest BCUT2D eigenvalue weighted by Crippen LogP contribution is -2.51. The third-order valence-electron chi connectivity index (χ3n) is 13.6. The van der Waals surface area contributed by atoms with Crippen LogP contribution in [-0.2, 0) is 47.9 Å². The van der Waals surface area contributed by atoms with Gasteiger partial charge in [-0.1, -0.05) is 82.4 Å². The van der Waals surface area contributed by atoms with Crippen LogP contribution in [0.5, 0.6) is 34.5 Å². The third kappa shape index (κ3) is 17.5. The predicted molar refractivity (Wildman–Crippen MR) is 353 cm³/mol. The first kappa shape index (κ1) is 25.1. The first-order valence-corrected chi connectivity index (χ1v) is 26.8. The van der Waals surface area contributed by atoms with Gasteiger partial charge in [0.25, 0.3) is 0 Å². The van der Waals surface area contributed by atoms with E-state index in [1.54, 1.807) is 0 Å². The summed E-state index contributed by atoms with van der Waals surface area (Å²) in [4.78, 5) is 42.6. The quantitative estimate of drug-likeness (QED) is 0.0666. The van der Waals surface area contributed by atoms with E-state index in [1.807, 2.05) is 0 Å². The molecule has 6 N–H and O–H groups in total. The molecule has 6 aliphatic heterocycles. The molecule has 3 aromatic rings. The highest BCUT2D eigenvalue weighted by Gasteiger charge is 2.45. The number of rotatable bonds is 21. The number of methoxy groups -OCH3 is 6. The van der Waals surface area contributed by atoms with Crippen molar-refractivity contribution in [1.82, 2.24) is 14.7 Å². The molecule has 0 spiro atoms. The van der Waals surface area contributed by atoms with Crippen molar-refractivity contribution in [2.24, 2.45) is 70.2 Å². The van der Waals surface area contributed by atoms with Crippen LogP contribution in [-0.4, -0.2) is 151 Å². The summed E-state index contributed by atoms with van der Waals surface area (Å²) >= 11 is 0. The molecule has 0 aromatic heterocycles. The molecule has 6 heterocycles. The van der Waals surface area contributed by atoms with Crippen molar-refractivity contribution in [1.29, 1.82) is 0 Å². The molecule has 90 heavy (non-hydrogen) atoms. The first-order valence-electron chi connectivity index (χ1n) is 58.3. The summed E-state index contributed by atoms with van der Waals surface area (Å²) in [6, 6.07) is -15.6. The van der Waals surface area contributed by atoms with Crippen LogP contribution in [0.15, 0.2) is 36.4 Å². The Bertz CT molecular complexity index is 5420. The molecule has 0 radical (unpaired) electrons. The molecule has 0 bridgehead atoms. The molecule has 9 rings (SSSR count). The fourth-order valence-corrected chi connectivity index (χ4v) is 9.41. The Hall–Kier alpha value is -5.37. The van der Waals surface area contributed by atoms with Crippen molar-refractivity contribution < 1.29 is 143 Å². The largest absolute Gasteiger partial charge is 0.493 e. The first-order chi connectivity index (χ1) is 67.1. The number of piperidine rings is 3. The number of carbonyl (C=O) groups is 3. The van der Waals surface area contributed by atoms with Crippen LogP contribution in [0.3, 0.4) is 0 Å². The van der Waals surface area contributed by atoms with Gasteiger partial charge in [-0.15, -0.1) is 0 Å². The summed E-state index contributed by atoms with van der Waals surface area (Å²) < 4.78 is 576. The zero-order valence-electron chi connectivity index (χ0n) is 113. The minimum Gasteiger partial charge on any atom is -0.493 e. The predicted octanol–water partition coefficient (Wildman–Crippen LogP) is 10.7. The zero-order valence-corrected chi connectivity index (χ0v) is 49.9. The standard InChI is InChI=1S/3C24H38N2O4/c3*1-14(2)9-17-13-26-8-7-16-10-21(28-5)22(29-6)11-18(16)19(26)12-20(17)30-24(27)23(25)15(3)4/h3*10-11,14-15,17,19-20,23H,7-9,12-13,25H2,1-6H3/t3*17?,19?,20?,23-/m000/s1/i1D3,3D3,4D3,5D3,9D2,12D2,13D2,14D,15D,17D,19D,23D;2*1D3,3D3,4D3,9D2,12D2,13D2,14D,15D,17D,19D,23D/t3*14?,17?,19?,20?,23-. The van der Waals surface area contributed by atoms with Gasteiger partial charge in [-0.25, -0.2) is 0 Å². The number of nitrogens with zero attached hydrogens (tertiary/aromatic N) is 3. The van der Waals surface area contributed by atoms with Crippen LogP contribution < -0.4 is 45.6 Å². The summed E-state index contributed by atoms with van der Waals surface area (Å²) in [6.07, 6.45) is -34.9. The molecule has 3 saturated heterocycles. The monoisotopic (exact) mass is 1320 g/mol. The van der Waals surface area contributed by atoms with Gasteiger partial charge < -0.3 is 59.8 Å². The summed E-state index contributed by atoms with van der Waals surface area (Å²) in [6.45, 7) is -47.7. The van der Waals surface area contributed by atoms with Crippen molar-refractivity contribution in [2.75, 3.05) is 81.7 Å². The smallest absolute Gasteiger partial charge is 0.323 e. The lowest BCUT2D eigenvalue weighted by atomic mass is 9.79. The highest BCUT2D eigenvalue weighted by molar-refractivity contribution is 5.77. The Kier molecular flexibility index (Phi) is 9.04. The van der Waals surface area contributed by atoms with E-state index >= 15 is 0 Å². The SMILES string of the molecule is [2H]C([2H])([2H])C([2H])(C)C([2H])([2H])C1([2H])C(OC(=O)[C@@]([2H])(N)C([2H])(C([2H])([2H])[2H])C([2H])([2H])[2H])C([2H])([2H])C2([2H])c3cc(OC)c(OC)cc3CCN2C1([2H])[2H].[2H]C([2H])([2H])C([2H])(C)C([2H])([2H])C1([2H])C(OC(=O)[C@@]([2H])(N)C([2H])(C([2H])([2H])[2H])C([2H])([2H])[2H])C([2H])([2H])C2([2H])c3cc(OC)c(OC)cc3CCN2C1([2H])[2H].[2H]C([2H])([2H])Oc1cc2c(cc1OC)C1([2H])N(CC2)C([2H])([2H])C([2H])(C([2H])([2H])C([2H])(C)C([2H])([2H])[2H])C(OC(=O)[C@@]([2H])(N)C([2H])(C([2H])([2H])[2H])C([2H])([2H])[2H])C1([2H])[2H]. The maximum Gasteiger partial charge on any atom is 0.323 e. The van der Waals surface area contributed by atoms with Crippen LogP contribution in [0.25, 0.3) is 0 Å². The minimum absolute atomic E-state index is 0.0991. The Balaban J connectivity index is 0.000000310. The fourth-order valence-electron chi connectivity index (χ4n) is 9.41. The molecule has 3 fully saturated rings. The van der Waals surface area contributed by atoms with Gasteiger partial charge in [-0.05, 0) is 144 Å². The van der Waals surface area contributed by atoms with Crippen LogP contribution >= 0.6 is 0 Å². The number of benzene rings is 3. The van der Waals surface area contributed by atoms with E-state index in [-0.39, 0.29) is 70.1 Å². The van der Waals surface area contributed by atoms with Crippen molar-refractivity contribution >= 4 is 17.9 Å². The van der Waals surface area contributed by atoms with E-state index in [0.717, 1.165) is 31.4 Å². The minimum atomic E-state index is -4.30. The maximum absolute atomic E-state index is 13.8. The number of esters is 3. The molecule has 6 aliphatic rings. The highest BCUT2D eigenvalue weighted by atomic mass is 16.6. The third-order valence-corrected chi connectivity index (χ3v) is 13.6. The van der Waals surface area contributed by atoms with E-state index in [4.69, 9.17) is 122 Å². The number of carbonyl (C=O) groups excluding carboxylic acids is 3. The molecular weight excluding hydrogens is 1140 g/mol. The molecule has 18 nitrogen and oxygen atoms in total. The van der Waals surface area contributed by atoms with E-state index in [9.17, 15) is 39.1 Å². The topological polar surface area (TPSA) is 222 Å². The average Bonchev–Trinajstić information content (AvgIpc) is 0.658. The summed E-state index contributed by atoms with van der Waals surface area (Å²) in [5.41, 5.74) is 15.8. The van der Waals surface area contributed by atoms with Gasteiger partial charge >= 0.3 is 17.9 Å². The number of nitrogens with two attached hydrogens (primary N) is 3. The van der Waals surface area contributed by atoms with Crippen LogP contribution in [0.4, 0.5) is 0 Å². The van der Waals surface area contributed by atoms with E-state index in [1.165, 1.54) is 40.6 Å². The average molecular weight is 1320 g/mol. The Labute approximate surface area is 628 Å². The maximum atomic E-state index is 13.8. The molecular formula is C72H114N6O12. The van der Waals surface area contributed by atoms with Gasteiger partial charge in [0.05, 0.1) is 54.9 Å². The lowest BCUT2D eigenvalue weighted by molar-refractivity contribution is -0.161. The van der Waals surface area contributed by atoms with E-state index < -0.39 is 289 Å². The second-order valence-electron chi connectivity index (χ2n) is 19.7. The number of hydrogen-bond acceptors (Lipinski definition) is 18. The second kappa shape index (κ2) is 32.5. The van der Waals surface area contributed by atoms with Crippen molar-refractivity contribution in [2.45, 2.75) is 194 Å². The number of fused-ring (bicyclic) bond motifs is 9. The normalized spacial score (nSPS) is 48.7. The molecule has 0 saturated carbocycles. The van der Waals surface area contributed by atoms with Crippen LogP contribution in [0.2, 0.25) is 0 Å². The van der Waals surface area contributed by atoms with Crippen LogP contribution in [0, 0.1) is 53.0 Å². The Morgan fingerprint density at radius 2 is 0.744 bits per heavy atom. The van der Waals surface area contributed by atoms with Crippen LogP contribution in [0.1, 0.15) is 258 Å². The van der Waals surface area contributed by atoms with E-state index in [2.05, 4.69) is 0 Å². The lowest BCUT2D eigenvalue weighted by Gasteiger charge is -2.47. The van der Waals surface area contributed by atoms with Crippen molar-refractivity contribution in [3.05, 3.63) is 69.8 Å². The number of ether oxygens (including phenoxy) is 9. The second-order valence-corrected chi connectivity index (χ2v) is 19.7. The number of hydrogen-bond donors (Lipinski definition) is 3. The molecule has 15 atom stereocenters. The van der Waals surface area contributed by atoms with Gasteiger partial charge in [0.1, 0.15) is 36.4 Å². The van der Waals surface area contributed by atoms with Crippen molar-refractivity contribution in [3.8, 4) is 34.5 Å². The van der Waals surface area contributed by atoms with Gasteiger partial charge in [-0.3, -0.25) is 29.1 Å². The molecule has 12 unspecified atom stereocenters. The van der Waals surface area contributed by atoms with Crippen molar-refractivity contribution in [3.63, 3.8) is 0 Å².